The second-order valence-electron chi connectivity index (χ2n) is 6.32. The van der Waals surface area contributed by atoms with Gasteiger partial charge in [-0.2, -0.15) is 0 Å². The highest BCUT2D eigenvalue weighted by Crippen LogP contribution is 2.23. The molecule has 0 spiro atoms. The lowest BCUT2D eigenvalue weighted by Crippen LogP contribution is -2.25. The van der Waals surface area contributed by atoms with Gasteiger partial charge in [-0.1, -0.05) is 13.8 Å². The van der Waals surface area contributed by atoms with E-state index in [1.54, 1.807) is 7.11 Å². The van der Waals surface area contributed by atoms with Gasteiger partial charge in [0.2, 0.25) is 0 Å². The summed E-state index contributed by atoms with van der Waals surface area (Å²) in [4.78, 5) is 12.2. The van der Waals surface area contributed by atoms with Crippen molar-refractivity contribution in [3.63, 3.8) is 0 Å². The van der Waals surface area contributed by atoms with Gasteiger partial charge in [0, 0.05) is 23.5 Å². The minimum atomic E-state index is -0.0188. The largest absolute Gasteiger partial charge is 0.497 e. The van der Waals surface area contributed by atoms with Crippen LogP contribution >= 0.6 is 0 Å². The monoisotopic (exact) mass is 326 g/mol. The van der Waals surface area contributed by atoms with Gasteiger partial charge in [-0.3, -0.25) is 4.79 Å². The molecule has 0 aliphatic heterocycles. The molecule has 128 valence electrons. The average molecular weight is 326 g/mol. The van der Waals surface area contributed by atoms with Crippen molar-refractivity contribution in [1.82, 2.24) is 5.32 Å². The minimum absolute atomic E-state index is 0.0188. The van der Waals surface area contributed by atoms with Crippen LogP contribution in [0.5, 0.6) is 5.75 Å². The third kappa shape index (κ3) is 5.01. The van der Waals surface area contributed by atoms with Gasteiger partial charge in [-0.05, 0) is 67.3 Å². The highest BCUT2D eigenvalue weighted by atomic mass is 16.5. The fourth-order valence-corrected chi connectivity index (χ4v) is 2.35. The standard InChI is InChI=1S/C20H26N2O2/c1-14(2)11-12-21-20(23)16-5-10-19(15(3)13-16)22-17-6-8-18(24-4)9-7-17/h5-10,13-14,22H,11-12H2,1-4H3,(H,21,23). The lowest BCUT2D eigenvalue weighted by atomic mass is 10.1. The molecule has 0 fully saturated rings. The summed E-state index contributed by atoms with van der Waals surface area (Å²) in [5, 5.41) is 6.33. The Morgan fingerprint density at radius 1 is 1.12 bits per heavy atom. The Balaban J connectivity index is 2.01. The van der Waals surface area contributed by atoms with Crippen LogP contribution in [-0.4, -0.2) is 19.6 Å². The quantitative estimate of drug-likeness (QED) is 0.786. The first-order valence-electron chi connectivity index (χ1n) is 8.29. The predicted octanol–water partition coefficient (Wildman–Crippen LogP) is 4.52. The molecule has 0 atom stereocenters. The van der Waals surface area contributed by atoms with E-state index < -0.39 is 0 Å². The Kier molecular flexibility index (Phi) is 6.24. The summed E-state index contributed by atoms with van der Waals surface area (Å²) < 4.78 is 5.16. The molecule has 4 heteroatoms. The molecule has 0 radical (unpaired) electrons. The van der Waals surface area contributed by atoms with Gasteiger partial charge in [-0.25, -0.2) is 0 Å². The zero-order valence-electron chi connectivity index (χ0n) is 14.8. The van der Waals surface area contributed by atoms with Gasteiger partial charge in [0.25, 0.3) is 5.91 Å². The first-order chi connectivity index (χ1) is 11.5. The normalized spacial score (nSPS) is 10.5. The SMILES string of the molecule is COc1ccc(Nc2ccc(C(=O)NCCC(C)C)cc2C)cc1. The van der Waals surface area contributed by atoms with Gasteiger partial charge in [0.1, 0.15) is 5.75 Å². The predicted molar refractivity (Wildman–Crippen MR) is 99.2 cm³/mol. The molecule has 2 N–H and O–H groups in total. The Labute approximate surface area is 144 Å². The number of hydrogen-bond donors (Lipinski definition) is 2. The lowest BCUT2D eigenvalue weighted by Gasteiger charge is -2.12. The van der Waals surface area contributed by atoms with Crippen LogP contribution in [0.3, 0.4) is 0 Å². The highest BCUT2D eigenvalue weighted by molar-refractivity contribution is 5.95. The molecule has 2 aromatic carbocycles. The maximum Gasteiger partial charge on any atom is 0.251 e. The Hall–Kier alpha value is -2.49. The third-order valence-corrected chi connectivity index (χ3v) is 3.86. The number of benzene rings is 2. The van der Waals surface area contributed by atoms with Gasteiger partial charge in [0.05, 0.1) is 7.11 Å². The first kappa shape index (κ1) is 17.9. The van der Waals surface area contributed by atoms with Crippen LogP contribution in [0.1, 0.15) is 36.2 Å². The molecule has 24 heavy (non-hydrogen) atoms. The Morgan fingerprint density at radius 3 is 2.42 bits per heavy atom. The van der Waals surface area contributed by atoms with Crippen molar-refractivity contribution in [3.05, 3.63) is 53.6 Å². The van der Waals surface area contributed by atoms with E-state index in [-0.39, 0.29) is 5.91 Å². The van der Waals surface area contributed by atoms with Crippen molar-refractivity contribution in [2.75, 3.05) is 19.0 Å². The number of aryl methyl sites for hydroxylation is 1. The molecule has 0 aliphatic carbocycles. The fourth-order valence-electron chi connectivity index (χ4n) is 2.35. The molecule has 4 nitrogen and oxygen atoms in total. The molecule has 0 unspecified atom stereocenters. The zero-order valence-corrected chi connectivity index (χ0v) is 14.8. The summed E-state index contributed by atoms with van der Waals surface area (Å²) in [5.41, 5.74) is 3.69. The number of nitrogens with one attached hydrogen (secondary N) is 2. The summed E-state index contributed by atoms with van der Waals surface area (Å²) in [5.74, 6) is 1.39. The van der Waals surface area contributed by atoms with E-state index in [1.165, 1.54) is 0 Å². The summed E-state index contributed by atoms with van der Waals surface area (Å²) in [6, 6.07) is 13.5. The van der Waals surface area contributed by atoms with Gasteiger partial charge in [-0.15, -0.1) is 0 Å². The van der Waals surface area contributed by atoms with Crippen molar-refractivity contribution in [1.29, 1.82) is 0 Å². The highest BCUT2D eigenvalue weighted by Gasteiger charge is 2.08. The summed E-state index contributed by atoms with van der Waals surface area (Å²) in [6.45, 7) is 7.00. The maximum atomic E-state index is 12.2. The number of anilines is 2. The topological polar surface area (TPSA) is 50.4 Å². The van der Waals surface area contributed by atoms with E-state index >= 15 is 0 Å². The van der Waals surface area contributed by atoms with E-state index in [9.17, 15) is 4.79 Å². The molecular weight excluding hydrogens is 300 g/mol. The summed E-state index contributed by atoms with van der Waals surface area (Å²) >= 11 is 0. The molecular formula is C20H26N2O2. The second kappa shape index (κ2) is 8.39. The van der Waals surface area contributed by atoms with Crippen molar-refractivity contribution in [2.24, 2.45) is 5.92 Å². The van der Waals surface area contributed by atoms with Crippen LogP contribution in [0.15, 0.2) is 42.5 Å². The molecule has 0 aromatic heterocycles. The lowest BCUT2D eigenvalue weighted by molar-refractivity contribution is 0.0952. The van der Waals surface area contributed by atoms with Gasteiger partial charge in [0.15, 0.2) is 0 Å². The van der Waals surface area contributed by atoms with Crippen LogP contribution in [-0.2, 0) is 0 Å². The van der Waals surface area contributed by atoms with Gasteiger partial charge < -0.3 is 15.4 Å². The molecule has 2 rings (SSSR count). The fraction of sp³-hybridized carbons (Fsp3) is 0.350. The molecule has 0 saturated carbocycles. The average Bonchev–Trinajstić information content (AvgIpc) is 2.57. The van der Waals surface area contributed by atoms with E-state index in [0.29, 0.717) is 18.0 Å². The smallest absolute Gasteiger partial charge is 0.251 e. The number of hydrogen-bond acceptors (Lipinski definition) is 3. The first-order valence-corrected chi connectivity index (χ1v) is 8.29. The summed E-state index contributed by atoms with van der Waals surface area (Å²) in [6.07, 6.45) is 0.988. The molecule has 0 saturated heterocycles. The van der Waals surface area contributed by atoms with Crippen molar-refractivity contribution >= 4 is 17.3 Å². The van der Waals surface area contributed by atoms with Crippen molar-refractivity contribution in [3.8, 4) is 5.75 Å². The Bertz CT molecular complexity index is 679. The number of amides is 1. The number of methoxy groups -OCH3 is 1. The number of carbonyl (C=O) groups excluding carboxylic acids is 1. The van der Waals surface area contributed by atoms with Crippen LogP contribution in [0.4, 0.5) is 11.4 Å². The van der Waals surface area contributed by atoms with Crippen molar-refractivity contribution in [2.45, 2.75) is 27.2 Å². The Morgan fingerprint density at radius 2 is 1.83 bits per heavy atom. The van der Waals surface area contributed by atoms with E-state index in [0.717, 1.165) is 29.1 Å². The second-order valence-corrected chi connectivity index (χ2v) is 6.32. The van der Waals surface area contributed by atoms with E-state index in [4.69, 9.17) is 4.74 Å². The van der Waals surface area contributed by atoms with E-state index in [2.05, 4.69) is 24.5 Å². The zero-order chi connectivity index (χ0) is 17.5. The van der Waals surface area contributed by atoms with Crippen LogP contribution in [0.25, 0.3) is 0 Å². The molecule has 2 aromatic rings. The number of carbonyl (C=O) groups is 1. The number of rotatable bonds is 7. The van der Waals surface area contributed by atoms with Gasteiger partial charge >= 0.3 is 0 Å². The summed E-state index contributed by atoms with van der Waals surface area (Å²) in [7, 11) is 1.65. The molecule has 0 aliphatic rings. The van der Waals surface area contributed by atoms with Crippen LogP contribution < -0.4 is 15.4 Å². The van der Waals surface area contributed by atoms with Crippen molar-refractivity contribution < 1.29 is 9.53 Å². The molecule has 0 bridgehead atoms. The molecule has 0 heterocycles. The van der Waals surface area contributed by atoms with Crippen LogP contribution in [0, 0.1) is 12.8 Å². The molecule has 1 amide bonds. The van der Waals surface area contributed by atoms with E-state index in [1.807, 2.05) is 49.4 Å². The van der Waals surface area contributed by atoms with Crippen LogP contribution in [0.2, 0.25) is 0 Å². The third-order valence-electron chi connectivity index (χ3n) is 3.86. The maximum absolute atomic E-state index is 12.2. The number of ether oxygens (including phenoxy) is 1. The minimum Gasteiger partial charge on any atom is -0.497 e.